The third-order valence-corrected chi connectivity index (χ3v) is 2.89. The number of fused-ring (bicyclic) bond motifs is 1. The number of nitrogens with two attached hydrogens (primary N) is 1. The van der Waals surface area contributed by atoms with Gasteiger partial charge < -0.3 is 4.74 Å². The van der Waals surface area contributed by atoms with Crippen molar-refractivity contribution in [3.05, 3.63) is 34.9 Å². The molecule has 0 radical (unpaired) electrons. The van der Waals surface area contributed by atoms with Crippen LogP contribution in [0.25, 0.3) is 0 Å². The summed E-state index contributed by atoms with van der Waals surface area (Å²) >= 11 is 0. The molecule has 1 aromatic carbocycles. The summed E-state index contributed by atoms with van der Waals surface area (Å²) in [5.74, 6) is -0.111. The summed E-state index contributed by atoms with van der Waals surface area (Å²) in [6.07, 6.45) is 0. The molecule has 1 aliphatic rings. The molecule has 0 aliphatic carbocycles. The summed E-state index contributed by atoms with van der Waals surface area (Å²) < 4.78 is 26.9. The van der Waals surface area contributed by atoms with E-state index in [2.05, 4.69) is 0 Å². The molecule has 4 nitrogen and oxygen atoms in total. The van der Waals surface area contributed by atoms with Gasteiger partial charge in [-0.1, -0.05) is 18.2 Å². The lowest BCUT2D eigenvalue weighted by atomic mass is 10.1. The highest BCUT2D eigenvalue weighted by atomic mass is 32.2. The van der Waals surface area contributed by atoms with Crippen LogP contribution in [0, 0.1) is 0 Å². The topological polar surface area (TPSA) is 69.4 Å². The van der Waals surface area contributed by atoms with Gasteiger partial charge in [0.1, 0.15) is 0 Å². The molecule has 0 atom stereocenters. The predicted octanol–water partition coefficient (Wildman–Crippen LogP) is 0.505. The van der Waals surface area contributed by atoms with Crippen LogP contribution in [-0.4, -0.2) is 8.42 Å². The lowest BCUT2D eigenvalue weighted by Crippen LogP contribution is -2.14. The van der Waals surface area contributed by atoms with E-state index in [1.807, 2.05) is 12.1 Å². The molecule has 0 amide bonds. The molecule has 1 aromatic rings. The van der Waals surface area contributed by atoms with E-state index in [1.54, 1.807) is 6.07 Å². The second-order valence-corrected chi connectivity index (χ2v) is 5.02. The highest BCUT2D eigenvalue weighted by Crippen LogP contribution is 2.21. The molecule has 1 heterocycles. The first kappa shape index (κ1) is 9.64. The monoisotopic (exact) mass is 213 g/mol. The van der Waals surface area contributed by atoms with Gasteiger partial charge in [0.05, 0.1) is 19.0 Å². The summed E-state index contributed by atoms with van der Waals surface area (Å²) in [5, 5.41) is 4.95. The van der Waals surface area contributed by atoms with Gasteiger partial charge in [0.2, 0.25) is 10.0 Å². The van der Waals surface area contributed by atoms with Gasteiger partial charge in [-0.25, -0.2) is 13.6 Å². The fourth-order valence-electron chi connectivity index (χ4n) is 1.55. The molecule has 5 heteroatoms. The van der Waals surface area contributed by atoms with Crippen molar-refractivity contribution in [1.29, 1.82) is 0 Å². The van der Waals surface area contributed by atoms with Crippen molar-refractivity contribution in [1.82, 2.24) is 0 Å². The molecular weight excluding hydrogens is 202 g/mol. The zero-order valence-corrected chi connectivity index (χ0v) is 8.38. The van der Waals surface area contributed by atoms with Crippen molar-refractivity contribution >= 4 is 10.0 Å². The lowest BCUT2D eigenvalue weighted by molar-refractivity contribution is 0.134. The van der Waals surface area contributed by atoms with Crippen molar-refractivity contribution in [2.45, 2.75) is 19.0 Å². The van der Waals surface area contributed by atoms with Crippen LogP contribution >= 0.6 is 0 Å². The SMILES string of the molecule is NS(=O)(=O)Cc1ccc2c(c1)COC2. The minimum atomic E-state index is -3.44. The number of ether oxygens (including phenoxy) is 1. The minimum Gasteiger partial charge on any atom is -0.372 e. The first-order chi connectivity index (χ1) is 6.54. The molecule has 0 fully saturated rings. The maximum atomic E-state index is 10.8. The fourth-order valence-corrected chi connectivity index (χ4v) is 2.19. The fraction of sp³-hybridized carbons (Fsp3) is 0.333. The molecule has 0 unspecified atom stereocenters. The van der Waals surface area contributed by atoms with Crippen LogP contribution < -0.4 is 5.14 Å². The first-order valence-electron chi connectivity index (χ1n) is 4.23. The molecule has 0 saturated carbocycles. The average Bonchev–Trinajstić information content (AvgIpc) is 2.47. The summed E-state index contributed by atoms with van der Waals surface area (Å²) in [6.45, 7) is 1.18. The van der Waals surface area contributed by atoms with Gasteiger partial charge >= 0.3 is 0 Å². The van der Waals surface area contributed by atoms with Crippen LogP contribution in [0.5, 0.6) is 0 Å². The molecule has 0 spiro atoms. The molecule has 0 aromatic heterocycles. The Morgan fingerprint density at radius 2 is 2.00 bits per heavy atom. The summed E-state index contributed by atoms with van der Waals surface area (Å²) in [5.41, 5.74) is 2.91. The lowest BCUT2D eigenvalue weighted by Gasteiger charge is -2.01. The molecule has 2 N–H and O–H groups in total. The van der Waals surface area contributed by atoms with Gasteiger partial charge in [0, 0.05) is 0 Å². The first-order valence-corrected chi connectivity index (χ1v) is 5.95. The molecule has 2 rings (SSSR count). The molecule has 14 heavy (non-hydrogen) atoms. The number of benzene rings is 1. The van der Waals surface area contributed by atoms with Crippen LogP contribution in [0.1, 0.15) is 16.7 Å². The summed E-state index contributed by atoms with van der Waals surface area (Å²) in [7, 11) is -3.44. The van der Waals surface area contributed by atoms with E-state index < -0.39 is 10.0 Å². The smallest absolute Gasteiger partial charge is 0.213 e. The van der Waals surface area contributed by atoms with Crippen molar-refractivity contribution in [3.63, 3.8) is 0 Å². The van der Waals surface area contributed by atoms with Crippen LogP contribution in [0.4, 0.5) is 0 Å². The highest BCUT2D eigenvalue weighted by Gasteiger charge is 2.13. The highest BCUT2D eigenvalue weighted by molar-refractivity contribution is 7.88. The second-order valence-electron chi connectivity index (χ2n) is 3.40. The van der Waals surface area contributed by atoms with E-state index in [1.165, 1.54) is 0 Å². The molecular formula is C9H11NO3S. The quantitative estimate of drug-likeness (QED) is 0.778. The van der Waals surface area contributed by atoms with Gasteiger partial charge in [0.15, 0.2) is 0 Å². The number of rotatable bonds is 2. The summed E-state index contributed by atoms with van der Waals surface area (Å²) in [6, 6.07) is 5.51. The Morgan fingerprint density at radius 1 is 1.29 bits per heavy atom. The van der Waals surface area contributed by atoms with E-state index in [4.69, 9.17) is 9.88 Å². The third kappa shape index (κ3) is 2.12. The Bertz CT molecular complexity index is 453. The van der Waals surface area contributed by atoms with E-state index >= 15 is 0 Å². The zero-order valence-electron chi connectivity index (χ0n) is 7.56. The minimum absolute atomic E-state index is 0.111. The van der Waals surface area contributed by atoms with Crippen molar-refractivity contribution in [2.75, 3.05) is 0 Å². The van der Waals surface area contributed by atoms with Gasteiger partial charge in [-0.15, -0.1) is 0 Å². The van der Waals surface area contributed by atoms with Gasteiger partial charge in [-0.2, -0.15) is 0 Å². The second kappa shape index (κ2) is 3.34. The Kier molecular flexibility index (Phi) is 2.30. The van der Waals surface area contributed by atoms with Crippen molar-refractivity contribution < 1.29 is 13.2 Å². The van der Waals surface area contributed by atoms with Gasteiger partial charge in [-0.05, 0) is 16.7 Å². The predicted molar refractivity (Wildman–Crippen MR) is 51.7 cm³/mol. The number of hydrogen-bond acceptors (Lipinski definition) is 3. The van der Waals surface area contributed by atoms with Crippen molar-refractivity contribution in [2.24, 2.45) is 5.14 Å². The van der Waals surface area contributed by atoms with E-state index in [0.29, 0.717) is 13.2 Å². The molecule has 76 valence electrons. The standard InChI is InChI=1S/C9H11NO3S/c10-14(11,12)6-7-1-2-8-4-13-5-9(8)3-7/h1-3H,4-6H2,(H2,10,11,12). The number of sulfonamides is 1. The maximum Gasteiger partial charge on any atom is 0.213 e. The van der Waals surface area contributed by atoms with Crippen molar-refractivity contribution in [3.8, 4) is 0 Å². The average molecular weight is 213 g/mol. The normalized spacial score (nSPS) is 15.5. The molecule has 1 aliphatic heterocycles. The van der Waals surface area contributed by atoms with Crippen LogP contribution in [0.3, 0.4) is 0 Å². The summed E-state index contributed by atoms with van der Waals surface area (Å²) in [4.78, 5) is 0. The van der Waals surface area contributed by atoms with Gasteiger partial charge in [0.25, 0.3) is 0 Å². The molecule has 0 saturated heterocycles. The van der Waals surface area contributed by atoms with Crippen LogP contribution in [0.15, 0.2) is 18.2 Å². The number of hydrogen-bond donors (Lipinski definition) is 1. The Balaban J connectivity index is 2.29. The van der Waals surface area contributed by atoms with Crippen LogP contribution in [0.2, 0.25) is 0 Å². The zero-order chi connectivity index (χ0) is 10.2. The van der Waals surface area contributed by atoms with Crippen LogP contribution in [-0.2, 0) is 33.7 Å². The third-order valence-electron chi connectivity index (χ3n) is 2.15. The van der Waals surface area contributed by atoms with E-state index in [9.17, 15) is 8.42 Å². The largest absolute Gasteiger partial charge is 0.372 e. The molecule has 0 bridgehead atoms. The van der Waals surface area contributed by atoms with E-state index in [0.717, 1.165) is 16.7 Å². The van der Waals surface area contributed by atoms with E-state index in [-0.39, 0.29) is 5.75 Å². The Hall–Kier alpha value is -0.910. The maximum absolute atomic E-state index is 10.8. The Labute approximate surface area is 82.7 Å². The van der Waals surface area contributed by atoms with Gasteiger partial charge in [-0.3, -0.25) is 0 Å². The Morgan fingerprint density at radius 3 is 2.71 bits per heavy atom. The number of primary sulfonamides is 1.